The third kappa shape index (κ3) is 3.07. The maximum Gasteiger partial charge on any atom is 0.271 e. The second kappa shape index (κ2) is 6.65. The Morgan fingerprint density at radius 1 is 1.44 bits per heavy atom. The molecule has 4 atom stereocenters. The van der Waals surface area contributed by atoms with Crippen molar-refractivity contribution in [3.05, 3.63) is 46.2 Å². The van der Waals surface area contributed by atoms with Crippen molar-refractivity contribution in [3.8, 4) is 0 Å². The monoisotopic (exact) mass is 384 g/mol. The van der Waals surface area contributed by atoms with Crippen LogP contribution in [0.15, 0.2) is 30.7 Å². The lowest BCUT2D eigenvalue weighted by atomic mass is 9.73. The lowest BCUT2D eigenvalue weighted by Crippen LogP contribution is -2.42. The van der Waals surface area contributed by atoms with Gasteiger partial charge < -0.3 is 10.1 Å². The van der Waals surface area contributed by atoms with Crippen molar-refractivity contribution in [3.63, 3.8) is 0 Å². The van der Waals surface area contributed by atoms with Crippen LogP contribution in [0.4, 0.5) is 0 Å². The molecule has 3 aliphatic rings. The fourth-order valence-electron chi connectivity index (χ4n) is 5.19. The van der Waals surface area contributed by atoms with Crippen molar-refractivity contribution in [2.75, 3.05) is 19.6 Å². The molecule has 0 aliphatic carbocycles. The lowest BCUT2D eigenvalue weighted by molar-refractivity contribution is 0.00219. The summed E-state index contributed by atoms with van der Waals surface area (Å²) in [7, 11) is 0. The molecule has 1 amide bonds. The summed E-state index contributed by atoms with van der Waals surface area (Å²) in [4.78, 5) is 25.7. The highest BCUT2D eigenvalue weighted by Gasteiger charge is 2.62. The van der Waals surface area contributed by atoms with Gasteiger partial charge in [0.1, 0.15) is 5.69 Å². The molecule has 27 heavy (non-hydrogen) atoms. The fraction of sp³-hybridized carbons (Fsp3) is 0.550. The largest absolute Gasteiger partial charge is 0.370 e. The SMILES string of the molecule is Cc1ccc(CN2C[C@@H]3[C@H](CNC(=O)c4cnccn4)[C@H]4CC[C@]3(C2)O4)s1. The fourth-order valence-corrected chi connectivity index (χ4v) is 6.12. The lowest BCUT2D eigenvalue weighted by Gasteiger charge is -2.29. The quantitative estimate of drug-likeness (QED) is 0.856. The minimum atomic E-state index is -0.149. The van der Waals surface area contributed by atoms with E-state index in [2.05, 4.69) is 39.2 Å². The van der Waals surface area contributed by atoms with Gasteiger partial charge in [-0.3, -0.25) is 14.7 Å². The van der Waals surface area contributed by atoms with Crippen molar-refractivity contribution in [2.45, 2.75) is 38.0 Å². The molecule has 1 N–H and O–H groups in total. The first-order chi connectivity index (χ1) is 13.1. The Kier molecular flexibility index (Phi) is 4.26. The molecule has 2 aromatic rings. The molecule has 5 rings (SSSR count). The van der Waals surface area contributed by atoms with Gasteiger partial charge in [-0.05, 0) is 31.9 Å². The summed E-state index contributed by atoms with van der Waals surface area (Å²) in [5, 5.41) is 3.07. The summed E-state index contributed by atoms with van der Waals surface area (Å²) in [5.41, 5.74) is 0.372. The van der Waals surface area contributed by atoms with Gasteiger partial charge in [0.05, 0.1) is 17.9 Å². The van der Waals surface area contributed by atoms with Gasteiger partial charge >= 0.3 is 0 Å². The van der Waals surface area contributed by atoms with Gasteiger partial charge in [-0.1, -0.05) is 0 Å². The number of aryl methyl sites for hydroxylation is 1. The number of carbonyl (C=O) groups is 1. The Hall–Kier alpha value is -1.83. The van der Waals surface area contributed by atoms with Gasteiger partial charge in [-0.15, -0.1) is 11.3 Å². The first-order valence-electron chi connectivity index (χ1n) is 9.63. The van der Waals surface area contributed by atoms with E-state index in [1.54, 1.807) is 12.4 Å². The smallest absolute Gasteiger partial charge is 0.271 e. The minimum Gasteiger partial charge on any atom is -0.370 e. The zero-order valence-electron chi connectivity index (χ0n) is 15.4. The molecular weight excluding hydrogens is 360 g/mol. The molecule has 0 aromatic carbocycles. The van der Waals surface area contributed by atoms with Crippen molar-refractivity contribution in [1.82, 2.24) is 20.2 Å². The van der Waals surface area contributed by atoms with E-state index in [4.69, 9.17) is 4.74 Å². The van der Waals surface area contributed by atoms with Crippen LogP contribution in [0.1, 0.15) is 33.1 Å². The Balaban J connectivity index is 1.25. The normalized spacial score (nSPS) is 32.0. The van der Waals surface area contributed by atoms with Crippen LogP contribution >= 0.6 is 11.3 Å². The van der Waals surface area contributed by atoms with Crippen LogP contribution in [0.25, 0.3) is 0 Å². The molecule has 5 heterocycles. The highest BCUT2D eigenvalue weighted by Crippen LogP contribution is 2.54. The molecule has 2 bridgehead atoms. The number of nitrogens with one attached hydrogen (secondary N) is 1. The molecule has 3 fully saturated rings. The maximum absolute atomic E-state index is 12.3. The summed E-state index contributed by atoms with van der Waals surface area (Å²) in [6, 6.07) is 4.44. The van der Waals surface area contributed by atoms with Gasteiger partial charge in [0.15, 0.2) is 0 Å². The molecule has 0 saturated carbocycles. The number of likely N-dealkylation sites (tertiary alicyclic amines) is 1. The van der Waals surface area contributed by atoms with Crippen LogP contribution in [0.2, 0.25) is 0 Å². The van der Waals surface area contributed by atoms with Gasteiger partial charge in [0, 0.05) is 60.2 Å². The van der Waals surface area contributed by atoms with E-state index in [9.17, 15) is 4.79 Å². The number of hydrogen-bond donors (Lipinski definition) is 1. The predicted molar refractivity (Wildman–Crippen MR) is 103 cm³/mol. The van der Waals surface area contributed by atoms with Gasteiger partial charge in [0.25, 0.3) is 5.91 Å². The summed E-state index contributed by atoms with van der Waals surface area (Å²) >= 11 is 1.88. The number of ether oxygens (including phenoxy) is 1. The first kappa shape index (κ1) is 17.3. The minimum absolute atomic E-state index is 0.00107. The number of fused-ring (bicyclic) bond motifs is 1. The molecule has 6 nitrogen and oxygen atoms in total. The summed E-state index contributed by atoms with van der Waals surface area (Å²) in [5.74, 6) is 0.734. The predicted octanol–water partition coefficient (Wildman–Crippen LogP) is 2.26. The van der Waals surface area contributed by atoms with E-state index in [1.807, 2.05) is 11.3 Å². The number of amides is 1. The average Bonchev–Trinajstić information content (AvgIpc) is 3.41. The standard InChI is InChI=1S/C20H24N4O2S/c1-13-2-3-14(27-13)10-24-11-16-15(18-4-5-20(16,12-24)26-18)8-23-19(25)17-9-21-6-7-22-17/h2-3,6-7,9,15-16,18H,4-5,8,10-12H2,1H3,(H,23,25)/t15-,16+,18+,20+/m0/s1. The topological polar surface area (TPSA) is 67.4 Å². The van der Waals surface area contributed by atoms with Crippen LogP contribution in [-0.2, 0) is 11.3 Å². The number of rotatable bonds is 5. The van der Waals surface area contributed by atoms with Crippen LogP contribution in [0.5, 0.6) is 0 Å². The van der Waals surface area contributed by atoms with Crippen LogP contribution < -0.4 is 5.32 Å². The van der Waals surface area contributed by atoms with Crippen LogP contribution in [0.3, 0.4) is 0 Å². The van der Waals surface area contributed by atoms with Gasteiger partial charge in [-0.2, -0.15) is 0 Å². The van der Waals surface area contributed by atoms with E-state index < -0.39 is 0 Å². The third-order valence-electron chi connectivity index (χ3n) is 6.32. The van der Waals surface area contributed by atoms with Gasteiger partial charge in [0.2, 0.25) is 0 Å². The van der Waals surface area contributed by atoms with E-state index in [1.165, 1.54) is 16.0 Å². The Bertz CT molecular complexity index is 842. The third-order valence-corrected chi connectivity index (χ3v) is 7.31. The van der Waals surface area contributed by atoms with Gasteiger partial charge in [-0.25, -0.2) is 4.98 Å². The summed E-state index contributed by atoms with van der Waals surface area (Å²) < 4.78 is 6.49. The first-order valence-corrected chi connectivity index (χ1v) is 10.4. The number of carbonyl (C=O) groups excluding carboxylic acids is 1. The molecule has 0 radical (unpaired) electrons. The summed E-state index contributed by atoms with van der Waals surface area (Å²) in [6.07, 6.45) is 7.17. The highest BCUT2D eigenvalue weighted by molar-refractivity contribution is 7.11. The zero-order chi connectivity index (χ0) is 18.4. The number of aromatic nitrogens is 2. The highest BCUT2D eigenvalue weighted by atomic mass is 32.1. The molecule has 7 heteroatoms. The average molecular weight is 385 g/mol. The summed E-state index contributed by atoms with van der Waals surface area (Å²) in [6.45, 7) is 5.88. The number of nitrogens with zero attached hydrogens (tertiary/aromatic N) is 3. The Morgan fingerprint density at radius 2 is 2.37 bits per heavy atom. The van der Waals surface area contributed by atoms with Crippen molar-refractivity contribution >= 4 is 17.2 Å². The van der Waals surface area contributed by atoms with Crippen LogP contribution in [-0.4, -0.2) is 52.1 Å². The van der Waals surface area contributed by atoms with E-state index >= 15 is 0 Å². The number of thiophene rings is 1. The van der Waals surface area contributed by atoms with E-state index in [0.717, 1.165) is 32.5 Å². The Morgan fingerprint density at radius 3 is 3.15 bits per heavy atom. The van der Waals surface area contributed by atoms with Crippen molar-refractivity contribution in [2.24, 2.45) is 11.8 Å². The molecular formula is C20H24N4O2S. The molecule has 2 aromatic heterocycles. The van der Waals surface area contributed by atoms with E-state index in [-0.39, 0.29) is 17.6 Å². The zero-order valence-corrected chi connectivity index (χ0v) is 16.2. The molecule has 0 unspecified atom stereocenters. The second-order valence-electron chi connectivity index (χ2n) is 8.01. The number of hydrogen-bond acceptors (Lipinski definition) is 6. The Labute approximate surface area is 163 Å². The molecule has 3 aliphatic heterocycles. The molecule has 1 spiro atoms. The van der Waals surface area contributed by atoms with Crippen molar-refractivity contribution < 1.29 is 9.53 Å². The molecule has 142 valence electrons. The molecule has 3 saturated heterocycles. The maximum atomic E-state index is 12.3. The van der Waals surface area contributed by atoms with E-state index in [0.29, 0.717) is 24.1 Å². The van der Waals surface area contributed by atoms with Crippen molar-refractivity contribution in [1.29, 1.82) is 0 Å². The second-order valence-corrected chi connectivity index (χ2v) is 9.39. The van der Waals surface area contributed by atoms with Crippen LogP contribution in [0, 0.1) is 18.8 Å².